The molecule has 1 aromatic heterocycles. The molecule has 2 rings (SSSR count). The largest absolute Gasteiger partial charge is 0.493 e. The van der Waals surface area contributed by atoms with Crippen LogP contribution in [0, 0.1) is 0 Å². The Hall–Kier alpha value is -3.03. The van der Waals surface area contributed by atoms with Gasteiger partial charge in [-0.1, -0.05) is 20.8 Å². The van der Waals surface area contributed by atoms with Gasteiger partial charge in [-0.2, -0.15) is 5.10 Å². The Morgan fingerprint density at radius 2 is 1.85 bits per heavy atom. The number of methoxy groups -OCH3 is 2. The third kappa shape index (κ3) is 4.99. The minimum atomic E-state index is -0.483. The van der Waals surface area contributed by atoms with E-state index in [1.54, 1.807) is 17.8 Å². The number of nitrogens with one attached hydrogen (secondary N) is 1. The highest BCUT2D eigenvalue weighted by atomic mass is 16.5. The minimum Gasteiger partial charge on any atom is -0.493 e. The number of benzene rings is 1. The number of hydrogen-bond acceptors (Lipinski definition) is 6. The second-order valence-electron chi connectivity index (χ2n) is 6.98. The van der Waals surface area contributed by atoms with Crippen molar-refractivity contribution in [2.24, 2.45) is 7.05 Å². The number of amides is 1. The second-order valence-corrected chi connectivity index (χ2v) is 6.98. The van der Waals surface area contributed by atoms with Gasteiger partial charge >= 0.3 is 5.97 Å². The van der Waals surface area contributed by atoms with Gasteiger partial charge in [0.2, 0.25) is 0 Å². The molecule has 0 saturated carbocycles. The SMILES string of the molecule is COC(=O)c1ccc(OCC(=O)Nc2cc(C(C)(C)C)nn2C)c(OC)c1. The molecule has 0 aliphatic rings. The van der Waals surface area contributed by atoms with Crippen molar-refractivity contribution in [1.29, 1.82) is 0 Å². The number of carbonyl (C=O) groups excluding carboxylic acids is 2. The van der Waals surface area contributed by atoms with Crippen LogP contribution in [0.15, 0.2) is 24.3 Å². The van der Waals surface area contributed by atoms with Gasteiger partial charge in [0.05, 0.1) is 25.5 Å². The number of carbonyl (C=O) groups is 2. The Balaban J connectivity index is 2.04. The summed E-state index contributed by atoms with van der Waals surface area (Å²) in [6.45, 7) is 5.93. The molecule has 27 heavy (non-hydrogen) atoms. The number of rotatable bonds is 6. The summed E-state index contributed by atoms with van der Waals surface area (Å²) < 4.78 is 17.0. The molecule has 146 valence electrons. The fourth-order valence-corrected chi connectivity index (χ4v) is 2.30. The summed E-state index contributed by atoms with van der Waals surface area (Å²) in [7, 11) is 4.51. The standard InChI is InChI=1S/C19H25N3O5/c1-19(2,3)15-10-16(22(4)21-15)20-17(23)11-27-13-8-7-12(18(24)26-6)9-14(13)25-5/h7-10H,11H2,1-6H3,(H,20,23). The van der Waals surface area contributed by atoms with Gasteiger partial charge in [0, 0.05) is 18.5 Å². The van der Waals surface area contributed by atoms with E-state index in [9.17, 15) is 9.59 Å². The molecule has 1 aromatic carbocycles. The van der Waals surface area contributed by atoms with Gasteiger partial charge in [-0.05, 0) is 18.2 Å². The number of aromatic nitrogens is 2. The molecule has 8 heteroatoms. The average molecular weight is 375 g/mol. The molecule has 0 atom stereocenters. The van der Waals surface area contributed by atoms with Crippen LogP contribution in [-0.2, 0) is 22.0 Å². The summed E-state index contributed by atoms with van der Waals surface area (Å²) in [6.07, 6.45) is 0. The molecule has 1 heterocycles. The van der Waals surface area contributed by atoms with Crippen LogP contribution < -0.4 is 14.8 Å². The molecule has 2 aromatic rings. The van der Waals surface area contributed by atoms with E-state index in [-0.39, 0.29) is 17.9 Å². The summed E-state index contributed by atoms with van der Waals surface area (Å²) >= 11 is 0. The van der Waals surface area contributed by atoms with Crippen LogP contribution in [0.3, 0.4) is 0 Å². The van der Waals surface area contributed by atoms with E-state index in [0.717, 1.165) is 5.69 Å². The molecule has 0 radical (unpaired) electrons. The maximum absolute atomic E-state index is 12.2. The van der Waals surface area contributed by atoms with Crippen molar-refractivity contribution in [2.75, 3.05) is 26.1 Å². The zero-order valence-corrected chi connectivity index (χ0v) is 16.5. The van der Waals surface area contributed by atoms with Crippen molar-refractivity contribution >= 4 is 17.7 Å². The van der Waals surface area contributed by atoms with Crippen molar-refractivity contribution in [1.82, 2.24) is 9.78 Å². The molecule has 0 aliphatic carbocycles. The molecule has 1 N–H and O–H groups in total. The molecule has 8 nitrogen and oxygen atoms in total. The Morgan fingerprint density at radius 1 is 1.15 bits per heavy atom. The van der Waals surface area contributed by atoms with Crippen LogP contribution >= 0.6 is 0 Å². The summed E-state index contributed by atoms with van der Waals surface area (Å²) in [5.74, 6) is 0.449. The van der Waals surface area contributed by atoms with Crippen molar-refractivity contribution in [2.45, 2.75) is 26.2 Å². The van der Waals surface area contributed by atoms with Gasteiger partial charge in [-0.25, -0.2) is 4.79 Å². The van der Waals surface area contributed by atoms with Crippen LogP contribution in [-0.4, -0.2) is 42.5 Å². The van der Waals surface area contributed by atoms with Crippen molar-refractivity contribution in [3.63, 3.8) is 0 Å². The van der Waals surface area contributed by atoms with Gasteiger partial charge in [0.25, 0.3) is 5.91 Å². The van der Waals surface area contributed by atoms with Crippen LogP contribution in [0.2, 0.25) is 0 Å². The first-order valence-electron chi connectivity index (χ1n) is 8.39. The third-order valence-electron chi connectivity index (χ3n) is 3.86. The van der Waals surface area contributed by atoms with Gasteiger partial charge in [-0.3, -0.25) is 9.48 Å². The van der Waals surface area contributed by atoms with Crippen molar-refractivity contribution in [3.8, 4) is 11.5 Å². The molecule has 0 aliphatic heterocycles. The maximum Gasteiger partial charge on any atom is 0.337 e. The number of hydrogen-bond donors (Lipinski definition) is 1. The van der Waals surface area contributed by atoms with E-state index in [0.29, 0.717) is 22.9 Å². The predicted molar refractivity (Wildman–Crippen MR) is 100 cm³/mol. The number of nitrogens with zero attached hydrogens (tertiary/aromatic N) is 2. The maximum atomic E-state index is 12.2. The van der Waals surface area contributed by atoms with Crippen molar-refractivity contribution in [3.05, 3.63) is 35.5 Å². The summed E-state index contributed by atoms with van der Waals surface area (Å²) in [5.41, 5.74) is 1.09. The summed E-state index contributed by atoms with van der Waals surface area (Å²) in [6, 6.07) is 6.43. The topological polar surface area (TPSA) is 91.7 Å². The first-order valence-corrected chi connectivity index (χ1v) is 8.39. The number of ether oxygens (including phenoxy) is 3. The second kappa shape index (κ2) is 8.11. The molecular weight excluding hydrogens is 350 g/mol. The fraction of sp³-hybridized carbons (Fsp3) is 0.421. The average Bonchev–Trinajstić information content (AvgIpc) is 3.00. The highest BCUT2D eigenvalue weighted by Crippen LogP contribution is 2.28. The third-order valence-corrected chi connectivity index (χ3v) is 3.86. The molecule has 1 amide bonds. The number of esters is 1. The summed E-state index contributed by atoms with van der Waals surface area (Å²) in [5, 5.41) is 7.18. The monoisotopic (exact) mass is 375 g/mol. The smallest absolute Gasteiger partial charge is 0.337 e. The highest BCUT2D eigenvalue weighted by molar-refractivity contribution is 5.91. The Morgan fingerprint density at radius 3 is 2.41 bits per heavy atom. The predicted octanol–water partition coefficient (Wildman–Crippen LogP) is 2.53. The first kappa shape index (κ1) is 20.3. The van der Waals surface area contributed by atoms with Crippen LogP contribution in [0.4, 0.5) is 5.82 Å². The molecule has 0 fully saturated rings. The lowest BCUT2D eigenvalue weighted by molar-refractivity contribution is -0.118. The van der Waals surface area contributed by atoms with Gasteiger partial charge in [0.15, 0.2) is 18.1 Å². The van der Waals surface area contributed by atoms with E-state index in [4.69, 9.17) is 9.47 Å². The van der Waals surface area contributed by atoms with Gasteiger partial charge < -0.3 is 19.5 Å². The van der Waals surface area contributed by atoms with Crippen LogP contribution in [0.25, 0.3) is 0 Å². The van der Waals surface area contributed by atoms with E-state index in [1.807, 2.05) is 26.8 Å². The molecule has 0 saturated heterocycles. The van der Waals surface area contributed by atoms with Gasteiger partial charge in [-0.15, -0.1) is 0 Å². The van der Waals surface area contributed by atoms with Crippen molar-refractivity contribution < 1.29 is 23.8 Å². The van der Waals surface area contributed by atoms with E-state index in [2.05, 4.69) is 15.2 Å². The Bertz CT molecular complexity index is 836. The normalized spacial score (nSPS) is 11.0. The lowest BCUT2D eigenvalue weighted by Gasteiger charge is -2.13. The lowest BCUT2D eigenvalue weighted by Crippen LogP contribution is -2.21. The van der Waals surface area contributed by atoms with E-state index in [1.165, 1.54) is 26.4 Å². The fourth-order valence-electron chi connectivity index (χ4n) is 2.30. The zero-order valence-electron chi connectivity index (χ0n) is 16.5. The van der Waals surface area contributed by atoms with E-state index < -0.39 is 5.97 Å². The minimum absolute atomic E-state index is 0.119. The Kier molecular flexibility index (Phi) is 6.09. The molecule has 0 bridgehead atoms. The number of aryl methyl sites for hydroxylation is 1. The molecule has 0 spiro atoms. The van der Waals surface area contributed by atoms with Gasteiger partial charge in [0.1, 0.15) is 5.82 Å². The summed E-state index contributed by atoms with van der Waals surface area (Å²) in [4.78, 5) is 23.8. The lowest BCUT2D eigenvalue weighted by atomic mass is 9.92. The quantitative estimate of drug-likeness (QED) is 0.780. The zero-order chi connectivity index (χ0) is 20.2. The molecular formula is C19H25N3O5. The van der Waals surface area contributed by atoms with E-state index >= 15 is 0 Å². The molecule has 0 unspecified atom stereocenters. The first-order chi connectivity index (χ1) is 12.7. The van der Waals surface area contributed by atoms with Crippen LogP contribution in [0.1, 0.15) is 36.8 Å². The Labute approximate surface area is 158 Å². The number of anilines is 1. The highest BCUT2D eigenvalue weighted by Gasteiger charge is 2.20. The van der Waals surface area contributed by atoms with Crippen LogP contribution in [0.5, 0.6) is 11.5 Å².